The van der Waals surface area contributed by atoms with Crippen molar-refractivity contribution in [3.05, 3.63) is 23.0 Å². The number of ether oxygens (including phenoxy) is 2. The van der Waals surface area contributed by atoms with Gasteiger partial charge < -0.3 is 20.1 Å². The quantitative estimate of drug-likeness (QED) is 0.375. The molecule has 0 aromatic rings. The van der Waals surface area contributed by atoms with E-state index in [1.54, 1.807) is 12.2 Å². The highest BCUT2D eigenvalue weighted by molar-refractivity contribution is 7.94. The van der Waals surface area contributed by atoms with Gasteiger partial charge in [0.05, 0.1) is 36.8 Å². The van der Waals surface area contributed by atoms with Crippen molar-refractivity contribution in [2.45, 2.75) is 37.8 Å². The minimum Gasteiger partial charge on any atom is -0.471 e. The summed E-state index contributed by atoms with van der Waals surface area (Å²) in [5, 5.41) is 8.48. The first kappa shape index (κ1) is 23.0. The predicted octanol–water partition coefficient (Wildman–Crippen LogP) is 0.950. The zero-order valence-corrected chi connectivity index (χ0v) is 18.5. The van der Waals surface area contributed by atoms with Crippen LogP contribution in [-0.2, 0) is 29.1 Å². The topological polar surface area (TPSA) is 111 Å². The fraction of sp³-hybridized carbons (Fsp3) is 0.625. The molecule has 2 aliphatic heterocycles. The number of sulfone groups is 2. The average molecular weight is 469 g/mol. The Labute approximate surface area is 176 Å². The molecule has 2 N–H and O–H groups in total. The molecule has 2 atom stereocenters. The van der Waals surface area contributed by atoms with Crippen LogP contribution in [0.15, 0.2) is 23.0 Å². The number of unbranched alkanes of at least 4 members (excludes halogenated alkanes) is 3. The fourth-order valence-electron chi connectivity index (χ4n) is 2.60. The van der Waals surface area contributed by atoms with E-state index in [0.717, 1.165) is 25.7 Å². The SMILES string of the molecule is O=S1(=O)C=CC(NC(=S)OCCCCCCOC(=S)NC2C=CS(=O)(=O)C2)C1. The van der Waals surface area contributed by atoms with E-state index in [9.17, 15) is 16.8 Å². The Bertz CT molecular complexity index is 765. The van der Waals surface area contributed by atoms with E-state index >= 15 is 0 Å². The Balaban J connectivity index is 1.42. The summed E-state index contributed by atoms with van der Waals surface area (Å²) >= 11 is 10.1. The van der Waals surface area contributed by atoms with Crippen LogP contribution in [-0.4, -0.2) is 64.0 Å². The number of nitrogens with one attached hydrogen (secondary N) is 2. The van der Waals surface area contributed by atoms with Gasteiger partial charge in [-0.3, -0.25) is 0 Å². The predicted molar refractivity (Wildman–Crippen MR) is 115 cm³/mol. The Kier molecular flexibility index (Phi) is 8.65. The van der Waals surface area contributed by atoms with Gasteiger partial charge in [-0.25, -0.2) is 16.8 Å². The van der Waals surface area contributed by atoms with Gasteiger partial charge in [0.2, 0.25) is 0 Å². The highest BCUT2D eigenvalue weighted by Crippen LogP contribution is 2.09. The molecule has 0 saturated carbocycles. The molecule has 0 radical (unpaired) electrons. The van der Waals surface area contributed by atoms with Crippen LogP contribution in [0.1, 0.15) is 25.7 Å². The lowest BCUT2D eigenvalue weighted by Gasteiger charge is -2.14. The fourth-order valence-corrected chi connectivity index (χ4v) is 5.54. The van der Waals surface area contributed by atoms with Gasteiger partial charge in [0, 0.05) is 10.8 Å². The zero-order valence-electron chi connectivity index (χ0n) is 15.2. The van der Waals surface area contributed by atoms with Gasteiger partial charge in [0.1, 0.15) is 0 Å². The van der Waals surface area contributed by atoms with E-state index in [1.807, 2.05) is 0 Å². The molecule has 0 aliphatic carbocycles. The molecule has 12 heteroatoms. The van der Waals surface area contributed by atoms with Crippen molar-refractivity contribution < 1.29 is 26.3 Å². The first-order valence-corrected chi connectivity index (χ1v) is 13.1. The molecular formula is C16H24N2O6S4. The van der Waals surface area contributed by atoms with Gasteiger partial charge in [-0.05, 0) is 62.3 Å². The van der Waals surface area contributed by atoms with Gasteiger partial charge in [0.15, 0.2) is 19.7 Å². The largest absolute Gasteiger partial charge is 0.471 e. The number of hydrogen-bond acceptors (Lipinski definition) is 8. The Morgan fingerprint density at radius 2 is 1.18 bits per heavy atom. The maximum atomic E-state index is 11.3. The summed E-state index contributed by atoms with van der Waals surface area (Å²) in [7, 11) is -6.22. The minimum absolute atomic E-state index is 0.0000660. The molecule has 0 spiro atoms. The van der Waals surface area contributed by atoms with Gasteiger partial charge in [-0.15, -0.1) is 0 Å². The van der Waals surface area contributed by atoms with Gasteiger partial charge in [-0.2, -0.15) is 0 Å². The van der Waals surface area contributed by atoms with E-state index in [0.29, 0.717) is 13.2 Å². The average Bonchev–Trinajstić information content (AvgIpc) is 3.10. The van der Waals surface area contributed by atoms with Gasteiger partial charge >= 0.3 is 0 Å². The summed E-state index contributed by atoms with van der Waals surface area (Å²) in [6.07, 6.45) is 6.60. The monoisotopic (exact) mass is 468 g/mol. The minimum atomic E-state index is -3.11. The smallest absolute Gasteiger partial charge is 0.257 e. The van der Waals surface area contributed by atoms with E-state index in [2.05, 4.69) is 10.6 Å². The normalized spacial score (nSPS) is 24.0. The van der Waals surface area contributed by atoms with Crippen LogP contribution < -0.4 is 10.6 Å². The van der Waals surface area contributed by atoms with Crippen molar-refractivity contribution in [1.29, 1.82) is 0 Å². The molecule has 2 aliphatic rings. The molecule has 0 saturated heterocycles. The van der Waals surface area contributed by atoms with E-state index < -0.39 is 19.7 Å². The molecule has 0 amide bonds. The molecule has 0 bridgehead atoms. The van der Waals surface area contributed by atoms with Crippen LogP contribution in [0.4, 0.5) is 0 Å². The van der Waals surface area contributed by atoms with Gasteiger partial charge in [0.25, 0.3) is 10.3 Å². The van der Waals surface area contributed by atoms with Crippen molar-refractivity contribution in [1.82, 2.24) is 10.6 Å². The summed E-state index contributed by atoms with van der Waals surface area (Å²) < 4.78 is 56.0. The third-order valence-corrected chi connectivity index (χ3v) is 7.23. The maximum absolute atomic E-state index is 11.3. The van der Waals surface area contributed by atoms with Crippen molar-refractivity contribution >= 4 is 54.5 Å². The molecule has 8 nitrogen and oxygen atoms in total. The third kappa shape index (κ3) is 8.84. The number of hydrogen-bond donors (Lipinski definition) is 2. The molecule has 158 valence electrons. The summed E-state index contributed by atoms with van der Waals surface area (Å²) in [6.45, 7) is 0.913. The number of rotatable bonds is 9. The second-order valence-electron chi connectivity index (χ2n) is 6.50. The highest BCUT2D eigenvalue weighted by atomic mass is 32.2. The van der Waals surface area contributed by atoms with Crippen molar-refractivity contribution in [2.24, 2.45) is 0 Å². The summed E-state index contributed by atoms with van der Waals surface area (Å²) in [4.78, 5) is 0. The molecule has 2 heterocycles. The Morgan fingerprint density at radius 3 is 1.50 bits per heavy atom. The van der Waals surface area contributed by atoms with E-state index in [-0.39, 0.29) is 33.9 Å². The van der Waals surface area contributed by atoms with E-state index in [1.165, 1.54) is 10.8 Å². The van der Waals surface area contributed by atoms with E-state index in [4.69, 9.17) is 33.9 Å². The van der Waals surface area contributed by atoms with Crippen molar-refractivity contribution in [3.8, 4) is 0 Å². The van der Waals surface area contributed by atoms with Crippen LogP contribution in [0, 0.1) is 0 Å². The first-order valence-electron chi connectivity index (χ1n) is 8.84. The summed E-state index contributed by atoms with van der Waals surface area (Å²) in [5.74, 6) is 0.000132. The second kappa shape index (κ2) is 10.5. The lowest BCUT2D eigenvalue weighted by molar-refractivity contribution is 0.269. The molecule has 0 aromatic carbocycles. The Morgan fingerprint density at radius 1 is 0.786 bits per heavy atom. The van der Waals surface area contributed by atoms with Crippen LogP contribution in [0.3, 0.4) is 0 Å². The zero-order chi connectivity index (χ0) is 20.6. The lowest BCUT2D eigenvalue weighted by Crippen LogP contribution is -2.35. The van der Waals surface area contributed by atoms with Crippen molar-refractivity contribution in [3.63, 3.8) is 0 Å². The molecule has 0 fully saturated rings. The van der Waals surface area contributed by atoms with Crippen LogP contribution in [0.25, 0.3) is 0 Å². The second-order valence-corrected chi connectivity index (χ2v) is 11.1. The maximum Gasteiger partial charge on any atom is 0.257 e. The van der Waals surface area contributed by atoms with Crippen LogP contribution in [0.5, 0.6) is 0 Å². The number of thiocarbonyl (C=S) groups is 2. The molecule has 2 rings (SSSR count). The van der Waals surface area contributed by atoms with Crippen LogP contribution in [0.2, 0.25) is 0 Å². The third-order valence-electron chi connectivity index (χ3n) is 3.97. The molecule has 0 aromatic heterocycles. The standard InChI is InChI=1S/C16H24N2O6S4/c19-27(20)9-5-13(11-27)17-15(25)23-7-3-1-2-4-8-24-16(26)18-14-6-10-28(21,22)12-14/h5-6,9-10,13-14H,1-4,7-8,11-12H2,(H,17,25)(H,18,26). The summed E-state index contributed by atoms with van der Waals surface area (Å²) in [6, 6.07) is -0.654. The highest BCUT2D eigenvalue weighted by Gasteiger charge is 2.23. The van der Waals surface area contributed by atoms with Crippen molar-refractivity contribution in [2.75, 3.05) is 24.7 Å². The van der Waals surface area contributed by atoms with Crippen LogP contribution >= 0.6 is 24.4 Å². The molecule has 2 unspecified atom stereocenters. The molecule has 28 heavy (non-hydrogen) atoms. The first-order chi connectivity index (χ1) is 13.2. The lowest BCUT2D eigenvalue weighted by atomic mass is 10.2. The summed E-state index contributed by atoms with van der Waals surface area (Å²) in [5.41, 5.74) is 0. The Hall–Kier alpha value is -1.24. The molecular weight excluding hydrogens is 444 g/mol. The van der Waals surface area contributed by atoms with Gasteiger partial charge in [-0.1, -0.05) is 0 Å².